The number of fused-ring (bicyclic) bond motifs is 1. The number of carbonyl (C=O) groups excluding carboxylic acids is 2. The summed E-state index contributed by atoms with van der Waals surface area (Å²) in [6.45, 7) is 1.74. The number of halogens is 1. The van der Waals surface area contributed by atoms with Crippen molar-refractivity contribution in [3.8, 4) is 0 Å². The fourth-order valence-electron chi connectivity index (χ4n) is 3.01. The molecule has 3 rings (SSSR count). The summed E-state index contributed by atoms with van der Waals surface area (Å²) in [4.78, 5) is 26.3. The minimum atomic E-state index is -0.279. The van der Waals surface area contributed by atoms with Crippen LogP contribution in [0.25, 0.3) is 10.8 Å². The standard InChI is InChI=1S/C18H21N3O2.ClH/c1-19-9-10-20-18(23)14-11-17(22)21(12-14)16-8-4-6-13-5-2-3-7-15(13)16;/h2-8,14,19H,9-12H2,1H3,(H,20,23);1H. The molecule has 1 aliphatic rings. The predicted molar refractivity (Wildman–Crippen MR) is 98.6 cm³/mol. The predicted octanol–water partition coefficient (Wildman–Crippen LogP) is 1.95. The van der Waals surface area contributed by atoms with E-state index < -0.39 is 0 Å². The molecule has 0 bridgehead atoms. The number of hydrogen-bond acceptors (Lipinski definition) is 3. The topological polar surface area (TPSA) is 61.4 Å². The quantitative estimate of drug-likeness (QED) is 0.813. The van der Waals surface area contributed by atoms with Crippen molar-refractivity contribution in [2.45, 2.75) is 6.42 Å². The third-order valence-electron chi connectivity index (χ3n) is 4.23. The lowest BCUT2D eigenvalue weighted by Gasteiger charge is -2.19. The second-order valence-electron chi connectivity index (χ2n) is 5.80. The van der Waals surface area contributed by atoms with Crippen molar-refractivity contribution in [3.63, 3.8) is 0 Å². The number of hydrogen-bond donors (Lipinski definition) is 2. The monoisotopic (exact) mass is 347 g/mol. The van der Waals surface area contributed by atoms with Gasteiger partial charge in [0, 0.05) is 31.4 Å². The van der Waals surface area contributed by atoms with E-state index in [1.807, 2.05) is 49.5 Å². The maximum atomic E-state index is 12.4. The Hall–Kier alpha value is -2.11. The average Bonchev–Trinajstić information content (AvgIpc) is 2.96. The zero-order valence-electron chi connectivity index (χ0n) is 13.6. The van der Waals surface area contributed by atoms with Gasteiger partial charge in [0.15, 0.2) is 0 Å². The van der Waals surface area contributed by atoms with Crippen LogP contribution in [0.4, 0.5) is 5.69 Å². The van der Waals surface area contributed by atoms with Crippen LogP contribution in [0.5, 0.6) is 0 Å². The fourth-order valence-corrected chi connectivity index (χ4v) is 3.01. The summed E-state index contributed by atoms with van der Waals surface area (Å²) in [5.41, 5.74) is 0.888. The second-order valence-corrected chi connectivity index (χ2v) is 5.80. The van der Waals surface area contributed by atoms with Crippen LogP contribution in [0, 0.1) is 5.92 Å². The summed E-state index contributed by atoms with van der Waals surface area (Å²) >= 11 is 0. The van der Waals surface area contributed by atoms with Gasteiger partial charge in [-0.05, 0) is 18.5 Å². The molecule has 5 nitrogen and oxygen atoms in total. The van der Waals surface area contributed by atoms with Gasteiger partial charge in [0.2, 0.25) is 11.8 Å². The number of carbonyl (C=O) groups is 2. The normalized spacial score (nSPS) is 17.0. The van der Waals surface area contributed by atoms with Crippen molar-refractivity contribution in [3.05, 3.63) is 42.5 Å². The van der Waals surface area contributed by atoms with E-state index in [0.29, 0.717) is 13.1 Å². The number of anilines is 1. The van der Waals surface area contributed by atoms with E-state index in [4.69, 9.17) is 0 Å². The van der Waals surface area contributed by atoms with Crippen LogP contribution in [-0.2, 0) is 9.59 Å². The van der Waals surface area contributed by atoms with Gasteiger partial charge in [0.1, 0.15) is 0 Å². The van der Waals surface area contributed by atoms with Gasteiger partial charge < -0.3 is 15.5 Å². The lowest BCUT2D eigenvalue weighted by molar-refractivity contribution is -0.126. The first-order valence-electron chi connectivity index (χ1n) is 7.91. The molecular weight excluding hydrogens is 326 g/mol. The van der Waals surface area contributed by atoms with Gasteiger partial charge in [0.05, 0.1) is 11.6 Å². The Kier molecular flexibility index (Phi) is 6.17. The van der Waals surface area contributed by atoms with E-state index >= 15 is 0 Å². The minimum absolute atomic E-state index is 0. The summed E-state index contributed by atoms with van der Waals surface area (Å²) < 4.78 is 0. The van der Waals surface area contributed by atoms with Crippen molar-refractivity contribution >= 4 is 40.7 Å². The Morgan fingerprint density at radius 1 is 1.17 bits per heavy atom. The molecular formula is C18H22ClN3O2. The summed E-state index contributed by atoms with van der Waals surface area (Å²) in [7, 11) is 1.84. The van der Waals surface area contributed by atoms with Crippen LogP contribution in [0.1, 0.15) is 6.42 Å². The van der Waals surface area contributed by atoms with E-state index in [1.165, 1.54) is 0 Å². The zero-order valence-corrected chi connectivity index (χ0v) is 14.4. The SMILES string of the molecule is CNCCNC(=O)C1CC(=O)N(c2cccc3ccccc23)C1.Cl. The van der Waals surface area contributed by atoms with E-state index in [9.17, 15) is 9.59 Å². The molecule has 24 heavy (non-hydrogen) atoms. The number of nitrogens with one attached hydrogen (secondary N) is 2. The molecule has 6 heteroatoms. The van der Waals surface area contributed by atoms with Crippen LogP contribution in [0.2, 0.25) is 0 Å². The zero-order chi connectivity index (χ0) is 16.2. The third kappa shape index (κ3) is 3.68. The van der Waals surface area contributed by atoms with Crippen molar-refractivity contribution in [2.24, 2.45) is 5.92 Å². The van der Waals surface area contributed by atoms with Crippen LogP contribution in [-0.4, -0.2) is 38.5 Å². The number of likely N-dealkylation sites (N-methyl/N-ethyl adjacent to an activating group) is 1. The first-order valence-corrected chi connectivity index (χ1v) is 7.91. The highest BCUT2D eigenvalue weighted by molar-refractivity contribution is 6.06. The molecule has 0 saturated carbocycles. The molecule has 1 heterocycles. The molecule has 1 atom stereocenters. The summed E-state index contributed by atoms with van der Waals surface area (Å²) in [5, 5.41) is 8.00. The minimum Gasteiger partial charge on any atom is -0.355 e. The number of nitrogens with zero attached hydrogens (tertiary/aromatic N) is 1. The Morgan fingerprint density at radius 3 is 2.71 bits per heavy atom. The van der Waals surface area contributed by atoms with Crippen LogP contribution >= 0.6 is 12.4 Å². The first-order chi connectivity index (χ1) is 11.2. The van der Waals surface area contributed by atoms with Gasteiger partial charge in [-0.3, -0.25) is 9.59 Å². The molecule has 1 unspecified atom stereocenters. The molecule has 0 aromatic heterocycles. The van der Waals surface area contributed by atoms with E-state index in [1.54, 1.807) is 4.90 Å². The van der Waals surface area contributed by atoms with Crippen molar-refractivity contribution in [2.75, 3.05) is 31.6 Å². The average molecular weight is 348 g/mol. The number of amides is 2. The Labute approximate surface area is 147 Å². The highest BCUT2D eigenvalue weighted by Gasteiger charge is 2.35. The smallest absolute Gasteiger partial charge is 0.227 e. The summed E-state index contributed by atoms with van der Waals surface area (Å²) in [5.74, 6) is -0.315. The lowest BCUT2D eigenvalue weighted by atomic mass is 10.1. The maximum absolute atomic E-state index is 12.4. The van der Waals surface area contributed by atoms with Crippen LogP contribution < -0.4 is 15.5 Å². The number of rotatable bonds is 5. The van der Waals surface area contributed by atoms with Crippen molar-refractivity contribution in [1.29, 1.82) is 0 Å². The number of benzene rings is 2. The molecule has 2 N–H and O–H groups in total. The van der Waals surface area contributed by atoms with E-state index in [0.717, 1.165) is 23.0 Å². The largest absolute Gasteiger partial charge is 0.355 e. The maximum Gasteiger partial charge on any atom is 0.227 e. The Balaban J connectivity index is 0.00000208. The van der Waals surface area contributed by atoms with Crippen LogP contribution in [0.15, 0.2) is 42.5 Å². The molecule has 2 aromatic rings. The third-order valence-corrected chi connectivity index (χ3v) is 4.23. The highest BCUT2D eigenvalue weighted by Crippen LogP contribution is 2.31. The molecule has 2 aromatic carbocycles. The van der Waals surface area contributed by atoms with Crippen molar-refractivity contribution < 1.29 is 9.59 Å². The molecule has 0 radical (unpaired) electrons. The molecule has 128 valence electrons. The van der Waals surface area contributed by atoms with Gasteiger partial charge >= 0.3 is 0 Å². The highest BCUT2D eigenvalue weighted by atomic mass is 35.5. The van der Waals surface area contributed by atoms with Gasteiger partial charge in [-0.1, -0.05) is 36.4 Å². The lowest BCUT2D eigenvalue weighted by Crippen LogP contribution is -2.36. The Bertz CT molecular complexity index is 730. The summed E-state index contributed by atoms with van der Waals surface area (Å²) in [6.07, 6.45) is 0.272. The van der Waals surface area contributed by atoms with E-state index in [-0.39, 0.29) is 36.6 Å². The second kappa shape index (κ2) is 8.13. The molecule has 0 spiro atoms. The van der Waals surface area contributed by atoms with Gasteiger partial charge in [-0.15, -0.1) is 12.4 Å². The van der Waals surface area contributed by atoms with Gasteiger partial charge in [0.25, 0.3) is 0 Å². The molecule has 2 amide bonds. The van der Waals surface area contributed by atoms with Crippen molar-refractivity contribution in [1.82, 2.24) is 10.6 Å². The van der Waals surface area contributed by atoms with Gasteiger partial charge in [-0.25, -0.2) is 0 Å². The first kappa shape index (κ1) is 18.2. The van der Waals surface area contributed by atoms with Crippen LogP contribution in [0.3, 0.4) is 0 Å². The molecule has 1 aliphatic heterocycles. The fraction of sp³-hybridized carbons (Fsp3) is 0.333. The van der Waals surface area contributed by atoms with Gasteiger partial charge in [-0.2, -0.15) is 0 Å². The molecule has 1 saturated heterocycles. The molecule has 0 aliphatic carbocycles. The molecule has 1 fully saturated rings. The van der Waals surface area contributed by atoms with E-state index in [2.05, 4.69) is 10.6 Å². The summed E-state index contributed by atoms with van der Waals surface area (Å²) in [6, 6.07) is 13.9. The Morgan fingerprint density at radius 2 is 1.92 bits per heavy atom.